The summed E-state index contributed by atoms with van der Waals surface area (Å²) in [4.78, 5) is 18.2. The first-order valence-electron chi connectivity index (χ1n) is 8.00. The Hall–Kier alpha value is -2.14. The molecule has 2 aromatic rings. The Balaban J connectivity index is 1.64. The van der Waals surface area contributed by atoms with Crippen LogP contribution in [0.15, 0.2) is 29.6 Å². The van der Waals surface area contributed by atoms with Crippen molar-refractivity contribution in [3.63, 3.8) is 0 Å². The quantitative estimate of drug-likeness (QED) is 0.823. The highest BCUT2D eigenvalue weighted by Crippen LogP contribution is 2.31. The number of sulfone groups is 1. The van der Waals surface area contributed by atoms with Gasteiger partial charge in [-0.1, -0.05) is 18.2 Å². The first-order chi connectivity index (χ1) is 12.7. The predicted octanol–water partition coefficient (Wildman–Crippen LogP) is 2.33. The van der Waals surface area contributed by atoms with Gasteiger partial charge in [-0.25, -0.2) is 13.4 Å². The van der Waals surface area contributed by atoms with Crippen LogP contribution in [0.1, 0.15) is 21.6 Å². The van der Waals surface area contributed by atoms with Crippen LogP contribution < -0.4 is 10.2 Å². The summed E-state index contributed by atoms with van der Waals surface area (Å²) in [7, 11) is -3.02. The fourth-order valence-corrected chi connectivity index (χ4v) is 4.70. The smallest absolute Gasteiger partial charge is 0.347 e. The first kappa shape index (κ1) is 19.6. The molecule has 1 aromatic carbocycles. The first-order valence-corrected chi connectivity index (χ1v) is 10.7. The van der Waals surface area contributed by atoms with Crippen LogP contribution >= 0.6 is 11.3 Å². The molecule has 1 amide bonds. The number of anilines is 1. The van der Waals surface area contributed by atoms with Crippen LogP contribution in [0, 0.1) is 0 Å². The number of halogens is 3. The highest BCUT2D eigenvalue weighted by Gasteiger charge is 2.33. The number of rotatable bonds is 4. The number of amides is 1. The average Bonchev–Trinajstić information content (AvgIpc) is 3.09. The Morgan fingerprint density at radius 2 is 1.89 bits per heavy atom. The average molecular weight is 419 g/mol. The summed E-state index contributed by atoms with van der Waals surface area (Å²) in [6.45, 7) is 0.328. The lowest BCUT2D eigenvalue weighted by Crippen LogP contribution is -2.40. The minimum Gasteiger partial charge on any atom is -0.347 e. The van der Waals surface area contributed by atoms with Crippen molar-refractivity contribution in [2.75, 3.05) is 29.5 Å². The van der Waals surface area contributed by atoms with E-state index in [-0.39, 0.29) is 29.3 Å². The molecule has 1 aliphatic rings. The maximum atomic E-state index is 13.0. The zero-order chi connectivity index (χ0) is 19.7. The number of thiazole rings is 1. The standard InChI is InChI=1S/C16H16F3N3O3S2/c17-16(18,19)12-4-2-1-3-11(12)9-20-14(23)13-10-26-15(21-13)22-5-7-27(24,25)8-6-22/h1-4,10H,5-9H2,(H,20,23). The molecular formula is C16H16F3N3O3S2. The van der Waals surface area contributed by atoms with Crippen molar-refractivity contribution in [2.45, 2.75) is 12.7 Å². The molecule has 1 aromatic heterocycles. The van der Waals surface area contributed by atoms with E-state index in [1.807, 2.05) is 0 Å². The third-order valence-corrected chi connectivity index (χ3v) is 6.61. The van der Waals surface area contributed by atoms with E-state index in [4.69, 9.17) is 0 Å². The van der Waals surface area contributed by atoms with Gasteiger partial charge in [0.1, 0.15) is 5.69 Å². The molecule has 27 heavy (non-hydrogen) atoms. The highest BCUT2D eigenvalue weighted by atomic mass is 32.2. The van der Waals surface area contributed by atoms with Crippen molar-refractivity contribution in [3.05, 3.63) is 46.5 Å². The third kappa shape index (κ3) is 4.78. The van der Waals surface area contributed by atoms with Crippen LogP contribution in [-0.4, -0.2) is 43.9 Å². The molecule has 11 heteroatoms. The number of hydrogen-bond acceptors (Lipinski definition) is 6. The minimum absolute atomic E-state index is 0.0301. The van der Waals surface area contributed by atoms with Gasteiger partial charge in [0, 0.05) is 25.0 Å². The Bertz CT molecular complexity index is 928. The molecule has 3 rings (SSSR count). The van der Waals surface area contributed by atoms with Gasteiger partial charge in [0.05, 0.1) is 17.1 Å². The van der Waals surface area contributed by atoms with Crippen LogP contribution in [-0.2, 0) is 22.6 Å². The molecule has 0 saturated carbocycles. The summed E-state index contributed by atoms with van der Waals surface area (Å²) >= 11 is 1.19. The Labute approximate surface area is 157 Å². The second kappa shape index (κ2) is 7.47. The highest BCUT2D eigenvalue weighted by molar-refractivity contribution is 7.91. The molecule has 0 atom stereocenters. The molecule has 1 N–H and O–H groups in total. The molecular weight excluding hydrogens is 403 g/mol. The topological polar surface area (TPSA) is 79.4 Å². The Morgan fingerprint density at radius 3 is 2.56 bits per heavy atom. The molecule has 6 nitrogen and oxygen atoms in total. The number of alkyl halides is 3. The second-order valence-electron chi connectivity index (χ2n) is 5.99. The van der Waals surface area contributed by atoms with E-state index in [9.17, 15) is 26.4 Å². The lowest BCUT2D eigenvalue weighted by molar-refractivity contribution is -0.138. The van der Waals surface area contributed by atoms with Gasteiger partial charge in [-0.15, -0.1) is 11.3 Å². The van der Waals surface area contributed by atoms with Crippen molar-refractivity contribution >= 4 is 32.2 Å². The van der Waals surface area contributed by atoms with E-state index in [0.29, 0.717) is 18.2 Å². The van der Waals surface area contributed by atoms with Crippen LogP contribution in [0.5, 0.6) is 0 Å². The third-order valence-electron chi connectivity index (χ3n) is 4.10. The molecule has 0 unspecified atom stereocenters. The monoisotopic (exact) mass is 419 g/mol. The molecule has 1 fully saturated rings. The van der Waals surface area contributed by atoms with Crippen molar-refractivity contribution < 1.29 is 26.4 Å². The number of carbonyl (C=O) groups excluding carboxylic acids is 1. The van der Waals surface area contributed by atoms with Gasteiger partial charge in [0.2, 0.25) is 0 Å². The lowest BCUT2D eigenvalue weighted by Gasteiger charge is -2.25. The molecule has 0 spiro atoms. The van der Waals surface area contributed by atoms with E-state index >= 15 is 0 Å². The van der Waals surface area contributed by atoms with Crippen molar-refractivity contribution in [3.8, 4) is 0 Å². The lowest BCUT2D eigenvalue weighted by atomic mass is 10.1. The zero-order valence-electron chi connectivity index (χ0n) is 14.0. The zero-order valence-corrected chi connectivity index (χ0v) is 15.6. The van der Waals surface area contributed by atoms with E-state index < -0.39 is 27.5 Å². The fourth-order valence-electron chi connectivity index (χ4n) is 2.63. The molecule has 146 valence electrons. The number of benzene rings is 1. The molecule has 0 bridgehead atoms. The van der Waals surface area contributed by atoms with Crippen molar-refractivity contribution in [1.82, 2.24) is 10.3 Å². The number of nitrogens with zero attached hydrogens (tertiary/aromatic N) is 2. The van der Waals surface area contributed by atoms with Gasteiger partial charge in [0.15, 0.2) is 15.0 Å². The number of carbonyl (C=O) groups is 1. The maximum absolute atomic E-state index is 13.0. The van der Waals surface area contributed by atoms with Gasteiger partial charge in [-0.2, -0.15) is 13.2 Å². The molecule has 0 aliphatic carbocycles. The van der Waals surface area contributed by atoms with Crippen LogP contribution in [0.25, 0.3) is 0 Å². The summed E-state index contributed by atoms with van der Waals surface area (Å²) in [5.41, 5.74) is -0.734. The Kier molecular flexibility index (Phi) is 5.43. The molecule has 1 saturated heterocycles. The summed E-state index contributed by atoms with van der Waals surface area (Å²) in [6, 6.07) is 5.04. The van der Waals surface area contributed by atoms with E-state index in [1.165, 1.54) is 34.9 Å². The largest absolute Gasteiger partial charge is 0.416 e. The van der Waals surface area contributed by atoms with Crippen LogP contribution in [0.2, 0.25) is 0 Å². The van der Waals surface area contributed by atoms with E-state index in [0.717, 1.165) is 6.07 Å². The van der Waals surface area contributed by atoms with Gasteiger partial charge in [-0.05, 0) is 11.6 Å². The molecule has 0 radical (unpaired) electrons. The van der Waals surface area contributed by atoms with Gasteiger partial charge >= 0.3 is 6.18 Å². The van der Waals surface area contributed by atoms with E-state index in [2.05, 4.69) is 10.3 Å². The minimum atomic E-state index is -4.50. The predicted molar refractivity (Wildman–Crippen MR) is 95.6 cm³/mol. The van der Waals surface area contributed by atoms with Gasteiger partial charge < -0.3 is 10.2 Å². The number of aromatic nitrogens is 1. The number of hydrogen-bond donors (Lipinski definition) is 1. The van der Waals surface area contributed by atoms with Crippen LogP contribution in [0.4, 0.5) is 18.3 Å². The Morgan fingerprint density at radius 1 is 1.22 bits per heavy atom. The van der Waals surface area contributed by atoms with E-state index in [1.54, 1.807) is 4.90 Å². The van der Waals surface area contributed by atoms with Crippen molar-refractivity contribution in [2.24, 2.45) is 0 Å². The summed E-state index contributed by atoms with van der Waals surface area (Å²) in [5.74, 6) is -0.524. The maximum Gasteiger partial charge on any atom is 0.416 e. The normalized spacial score (nSPS) is 16.9. The fraction of sp³-hybridized carbons (Fsp3) is 0.375. The summed E-state index contributed by atoms with van der Waals surface area (Å²) in [5, 5.41) is 4.47. The summed E-state index contributed by atoms with van der Waals surface area (Å²) in [6.07, 6.45) is -4.50. The van der Waals surface area contributed by atoms with Crippen molar-refractivity contribution in [1.29, 1.82) is 0 Å². The van der Waals surface area contributed by atoms with Gasteiger partial charge in [0.25, 0.3) is 5.91 Å². The summed E-state index contributed by atoms with van der Waals surface area (Å²) < 4.78 is 61.9. The number of nitrogens with one attached hydrogen (secondary N) is 1. The molecule has 1 aliphatic heterocycles. The second-order valence-corrected chi connectivity index (χ2v) is 9.13. The van der Waals surface area contributed by atoms with Crippen LogP contribution in [0.3, 0.4) is 0 Å². The van der Waals surface area contributed by atoms with Gasteiger partial charge in [-0.3, -0.25) is 4.79 Å². The molecule has 2 heterocycles. The SMILES string of the molecule is O=C(NCc1ccccc1C(F)(F)F)c1csc(N2CCS(=O)(=O)CC2)n1.